The van der Waals surface area contributed by atoms with Gasteiger partial charge in [0.1, 0.15) is 0 Å². The van der Waals surface area contributed by atoms with Crippen molar-refractivity contribution in [2.45, 2.75) is 20.3 Å². The van der Waals surface area contributed by atoms with Crippen molar-refractivity contribution in [3.05, 3.63) is 18.0 Å². The van der Waals surface area contributed by atoms with Gasteiger partial charge in [-0.05, 0) is 24.4 Å². The molecule has 1 heterocycles. The molecule has 0 aliphatic carbocycles. The normalized spacial score (nSPS) is 10.7. The van der Waals surface area contributed by atoms with Crippen LogP contribution >= 0.6 is 0 Å². The quantitative estimate of drug-likeness (QED) is 0.786. The van der Waals surface area contributed by atoms with Crippen molar-refractivity contribution < 1.29 is 0 Å². The molecule has 84 valence electrons. The van der Waals surface area contributed by atoms with Gasteiger partial charge in [0.25, 0.3) is 0 Å². The molecule has 0 unspecified atom stereocenters. The molecule has 0 radical (unpaired) electrons. The zero-order valence-electron chi connectivity index (χ0n) is 9.77. The summed E-state index contributed by atoms with van der Waals surface area (Å²) in [6.07, 6.45) is 4.55. The van der Waals surface area contributed by atoms with E-state index >= 15 is 0 Å². The maximum atomic E-state index is 5.46. The van der Waals surface area contributed by atoms with E-state index in [1.807, 2.05) is 19.4 Å². The molecule has 0 aromatic carbocycles. The van der Waals surface area contributed by atoms with Crippen LogP contribution in [-0.4, -0.2) is 30.1 Å². The summed E-state index contributed by atoms with van der Waals surface area (Å²) in [6, 6.07) is 0. The Hall–Kier alpha value is -1.16. The monoisotopic (exact) mass is 208 g/mol. The second-order valence-corrected chi connectivity index (χ2v) is 4.20. The molecular weight excluding hydrogens is 188 g/mol. The highest BCUT2D eigenvalue weighted by molar-refractivity contribution is 5.28. The summed E-state index contributed by atoms with van der Waals surface area (Å²) < 4.78 is 0. The lowest BCUT2D eigenvalue weighted by atomic mass is 10.2. The minimum atomic E-state index is 0.613. The van der Waals surface area contributed by atoms with Crippen LogP contribution in [0.15, 0.2) is 12.4 Å². The number of anilines is 1. The summed E-state index contributed by atoms with van der Waals surface area (Å²) >= 11 is 0. The summed E-state index contributed by atoms with van der Waals surface area (Å²) in [4.78, 5) is 10.7. The van der Waals surface area contributed by atoms with E-state index in [1.54, 1.807) is 0 Å². The van der Waals surface area contributed by atoms with Crippen LogP contribution in [0.2, 0.25) is 0 Å². The first-order chi connectivity index (χ1) is 7.13. The summed E-state index contributed by atoms with van der Waals surface area (Å²) in [6.45, 7) is 5.97. The van der Waals surface area contributed by atoms with E-state index in [4.69, 9.17) is 5.73 Å². The highest BCUT2D eigenvalue weighted by Crippen LogP contribution is 2.07. The second-order valence-electron chi connectivity index (χ2n) is 4.20. The van der Waals surface area contributed by atoms with Crippen LogP contribution in [0.4, 0.5) is 5.95 Å². The molecule has 2 N–H and O–H groups in total. The molecule has 0 fully saturated rings. The number of hydrogen-bond donors (Lipinski definition) is 1. The predicted octanol–water partition coefficient (Wildman–Crippen LogP) is 1.07. The molecule has 0 saturated carbocycles. The molecule has 0 atom stereocenters. The van der Waals surface area contributed by atoms with Gasteiger partial charge in [-0.3, -0.25) is 0 Å². The van der Waals surface area contributed by atoms with Gasteiger partial charge in [-0.15, -0.1) is 0 Å². The van der Waals surface area contributed by atoms with Gasteiger partial charge >= 0.3 is 0 Å². The van der Waals surface area contributed by atoms with Gasteiger partial charge in [0.05, 0.1) is 0 Å². The second kappa shape index (κ2) is 5.66. The van der Waals surface area contributed by atoms with E-state index in [1.165, 1.54) is 0 Å². The first kappa shape index (κ1) is 11.9. The molecule has 1 aromatic rings. The van der Waals surface area contributed by atoms with Crippen molar-refractivity contribution in [3.8, 4) is 0 Å². The van der Waals surface area contributed by atoms with Crippen LogP contribution in [0.5, 0.6) is 0 Å². The van der Waals surface area contributed by atoms with Gasteiger partial charge in [0.15, 0.2) is 0 Å². The van der Waals surface area contributed by atoms with Crippen LogP contribution in [0.1, 0.15) is 19.4 Å². The van der Waals surface area contributed by atoms with E-state index in [-0.39, 0.29) is 0 Å². The van der Waals surface area contributed by atoms with Crippen LogP contribution in [0, 0.1) is 5.92 Å². The van der Waals surface area contributed by atoms with Crippen molar-refractivity contribution >= 4 is 5.95 Å². The standard InChI is InChI=1S/C11H20N4/c1-9(2)8-15(3)11-13-6-10(4-5-12)7-14-11/h6-7,9H,4-5,8,12H2,1-3H3. The Morgan fingerprint density at radius 2 is 1.93 bits per heavy atom. The van der Waals surface area contributed by atoms with Crippen LogP contribution in [0.3, 0.4) is 0 Å². The largest absolute Gasteiger partial charge is 0.344 e. The molecule has 0 aliphatic rings. The zero-order valence-corrected chi connectivity index (χ0v) is 9.77. The van der Waals surface area contributed by atoms with Crippen LogP contribution < -0.4 is 10.6 Å². The minimum absolute atomic E-state index is 0.613. The van der Waals surface area contributed by atoms with Crippen molar-refractivity contribution in [1.29, 1.82) is 0 Å². The lowest BCUT2D eigenvalue weighted by Crippen LogP contribution is -2.24. The van der Waals surface area contributed by atoms with Gasteiger partial charge in [0.2, 0.25) is 5.95 Å². The highest BCUT2D eigenvalue weighted by Gasteiger charge is 2.05. The topological polar surface area (TPSA) is 55.0 Å². The summed E-state index contributed by atoms with van der Waals surface area (Å²) in [7, 11) is 2.01. The molecule has 0 saturated heterocycles. The summed E-state index contributed by atoms with van der Waals surface area (Å²) in [5, 5.41) is 0. The predicted molar refractivity (Wildman–Crippen MR) is 62.9 cm³/mol. The molecular formula is C11H20N4. The molecule has 4 heteroatoms. The van der Waals surface area contributed by atoms with Crippen molar-refractivity contribution in [3.63, 3.8) is 0 Å². The average Bonchev–Trinajstić information content (AvgIpc) is 2.18. The van der Waals surface area contributed by atoms with Gasteiger partial charge in [-0.1, -0.05) is 13.8 Å². The van der Waals surface area contributed by atoms with E-state index in [0.717, 1.165) is 24.5 Å². The third-order valence-electron chi connectivity index (χ3n) is 2.11. The molecule has 1 aromatic heterocycles. The van der Waals surface area contributed by atoms with Crippen LogP contribution in [-0.2, 0) is 6.42 Å². The molecule has 15 heavy (non-hydrogen) atoms. The maximum absolute atomic E-state index is 5.46. The lowest BCUT2D eigenvalue weighted by molar-refractivity contribution is 0.629. The summed E-state index contributed by atoms with van der Waals surface area (Å²) in [5.41, 5.74) is 6.55. The Balaban J connectivity index is 2.62. The average molecular weight is 208 g/mol. The Kier molecular flexibility index (Phi) is 4.49. The first-order valence-electron chi connectivity index (χ1n) is 5.35. The molecule has 0 spiro atoms. The SMILES string of the molecule is CC(C)CN(C)c1ncc(CCN)cn1. The number of nitrogens with two attached hydrogens (primary N) is 1. The van der Waals surface area contributed by atoms with Gasteiger partial charge in [-0.2, -0.15) is 0 Å². The Labute approximate surface area is 91.5 Å². The lowest BCUT2D eigenvalue weighted by Gasteiger charge is -2.18. The fraction of sp³-hybridized carbons (Fsp3) is 0.636. The summed E-state index contributed by atoms with van der Waals surface area (Å²) in [5.74, 6) is 1.40. The number of aromatic nitrogens is 2. The van der Waals surface area contributed by atoms with Gasteiger partial charge < -0.3 is 10.6 Å². The fourth-order valence-corrected chi connectivity index (χ4v) is 1.47. The Morgan fingerprint density at radius 3 is 2.40 bits per heavy atom. The molecule has 0 aliphatic heterocycles. The third kappa shape index (κ3) is 3.83. The Morgan fingerprint density at radius 1 is 1.33 bits per heavy atom. The molecule has 1 rings (SSSR count). The van der Waals surface area contributed by atoms with Crippen molar-refractivity contribution in [2.75, 3.05) is 25.0 Å². The number of hydrogen-bond acceptors (Lipinski definition) is 4. The number of rotatable bonds is 5. The van der Waals surface area contributed by atoms with Crippen molar-refractivity contribution in [1.82, 2.24) is 9.97 Å². The smallest absolute Gasteiger partial charge is 0.224 e. The van der Waals surface area contributed by atoms with E-state index in [0.29, 0.717) is 12.5 Å². The molecule has 0 amide bonds. The third-order valence-corrected chi connectivity index (χ3v) is 2.11. The zero-order chi connectivity index (χ0) is 11.3. The first-order valence-corrected chi connectivity index (χ1v) is 5.35. The van der Waals surface area contributed by atoms with Crippen LogP contribution in [0.25, 0.3) is 0 Å². The van der Waals surface area contributed by atoms with E-state index in [2.05, 4.69) is 28.7 Å². The van der Waals surface area contributed by atoms with Crippen molar-refractivity contribution in [2.24, 2.45) is 11.7 Å². The number of nitrogens with zero attached hydrogens (tertiary/aromatic N) is 3. The highest BCUT2D eigenvalue weighted by atomic mass is 15.2. The van der Waals surface area contributed by atoms with Gasteiger partial charge in [-0.25, -0.2) is 9.97 Å². The Bertz CT molecular complexity index is 281. The minimum Gasteiger partial charge on any atom is -0.344 e. The van der Waals surface area contributed by atoms with E-state index in [9.17, 15) is 0 Å². The van der Waals surface area contributed by atoms with E-state index < -0.39 is 0 Å². The fourth-order valence-electron chi connectivity index (χ4n) is 1.47. The van der Waals surface area contributed by atoms with Gasteiger partial charge in [0, 0.05) is 26.0 Å². The molecule has 4 nitrogen and oxygen atoms in total. The maximum Gasteiger partial charge on any atom is 0.224 e. The molecule has 0 bridgehead atoms.